The number of urea groups is 1. The number of phenolic OH excluding ortho intramolecular Hbond substituents is 1. The number of rotatable bonds is 3. The van der Waals surface area contributed by atoms with Crippen molar-refractivity contribution in [1.29, 1.82) is 0 Å². The number of benzene rings is 1. The third-order valence-corrected chi connectivity index (χ3v) is 4.97. The number of nitrogens with one attached hydrogen (secondary N) is 1. The topological polar surface area (TPSA) is 127 Å². The van der Waals surface area contributed by atoms with Crippen molar-refractivity contribution in [2.45, 2.75) is 25.0 Å². The third-order valence-electron chi connectivity index (χ3n) is 4.03. The molecule has 2 saturated heterocycles. The number of aromatic hydroxyl groups is 1. The molecule has 9 nitrogen and oxygen atoms in total. The van der Waals surface area contributed by atoms with Crippen molar-refractivity contribution >= 4 is 51.8 Å². The van der Waals surface area contributed by atoms with Gasteiger partial charge in [0, 0.05) is 13.1 Å². The summed E-state index contributed by atoms with van der Waals surface area (Å²) in [4.78, 5) is 25.3. The molecule has 2 aliphatic heterocycles. The molecule has 126 valence electrons. The summed E-state index contributed by atoms with van der Waals surface area (Å²) >= 11 is 0. The van der Waals surface area contributed by atoms with Crippen LogP contribution in [0.5, 0.6) is 5.75 Å². The molecule has 3 amide bonds. The first-order valence-corrected chi connectivity index (χ1v) is 8.32. The summed E-state index contributed by atoms with van der Waals surface area (Å²) in [7, 11) is -4.58. The normalized spacial score (nSPS) is 22.5. The minimum atomic E-state index is -4.58. The van der Waals surface area contributed by atoms with Gasteiger partial charge in [-0.05, 0) is 24.1 Å². The van der Waals surface area contributed by atoms with Crippen LogP contribution < -0.4 is 5.32 Å². The second-order valence-electron chi connectivity index (χ2n) is 5.43. The standard InChI is InChI=1S/C13H15N3O6S.Na.H/c17-9-3-1-8(2-4-9)7-14-13(19)15-6-5-10-11(15)12(18)16(10)23(20,21)22;;/h1-4,10-11,17H,5-7H2,(H,14,19)(H,20,21,22);;/t10-,11+;;/m1../s1. The van der Waals surface area contributed by atoms with Crippen molar-refractivity contribution < 1.29 is 27.7 Å². The molecule has 11 heteroatoms. The number of hydrogen-bond donors (Lipinski definition) is 3. The van der Waals surface area contributed by atoms with Crippen LogP contribution in [0.4, 0.5) is 4.79 Å². The number of nitrogens with zero attached hydrogens (tertiary/aromatic N) is 2. The van der Waals surface area contributed by atoms with Crippen molar-refractivity contribution in [3.63, 3.8) is 0 Å². The van der Waals surface area contributed by atoms with E-state index in [0.717, 1.165) is 5.56 Å². The van der Waals surface area contributed by atoms with Gasteiger partial charge in [0.05, 0.1) is 6.04 Å². The zero-order valence-corrected chi connectivity index (χ0v) is 12.7. The monoisotopic (exact) mass is 365 g/mol. The van der Waals surface area contributed by atoms with Crippen molar-refractivity contribution in [3.8, 4) is 5.75 Å². The number of β-lactam (4-membered cyclic amide) rings is 1. The Bertz CT molecular complexity index is 753. The van der Waals surface area contributed by atoms with Crippen LogP contribution in [0.15, 0.2) is 24.3 Å². The number of likely N-dealkylation sites (tertiary alicyclic amines) is 1. The van der Waals surface area contributed by atoms with E-state index in [4.69, 9.17) is 4.55 Å². The van der Waals surface area contributed by atoms with E-state index in [1.54, 1.807) is 12.1 Å². The number of hydrogen-bond acceptors (Lipinski definition) is 5. The van der Waals surface area contributed by atoms with Crippen molar-refractivity contribution in [1.82, 2.24) is 14.5 Å². The summed E-state index contributed by atoms with van der Waals surface area (Å²) < 4.78 is 31.6. The fourth-order valence-corrected chi connectivity index (χ4v) is 3.84. The third kappa shape index (κ3) is 3.38. The van der Waals surface area contributed by atoms with E-state index < -0.39 is 34.3 Å². The Kier molecular flexibility index (Phi) is 5.45. The van der Waals surface area contributed by atoms with Crippen LogP contribution in [-0.2, 0) is 21.6 Å². The summed E-state index contributed by atoms with van der Waals surface area (Å²) in [5.74, 6) is -0.678. The SMILES string of the molecule is O=C(NCc1ccc(O)cc1)N1CC[C@@H]2[C@H]1C(=O)N2S(=O)(=O)O.[NaH]. The van der Waals surface area contributed by atoms with E-state index in [0.29, 0.717) is 10.7 Å². The Morgan fingerprint density at radius 1 is 1.29 bits per heavy atom. The van der Waals surface area contributed by atoms with Crippen molar-refractivity contribution in [2.24, 2.45) is 0 Å². The first-order chi connectivity index (χ1) is 10.8. The quantitative estimate of drug-likeness (QED) is 0.360. The second kappa shape index (κ2) is 6.89. The molecule has 0 aliphatic carbocycles. The summed E-state index contributed by atoms with van der Waals surface area (Å²) in [6.07, 6.45) is 0.294. The Labute approximate surface area is 160 Å². The Hall–Kier alpha value is -1.33. The predicted octanol–water partition coefficient (Wildman–Crippen LogP) is -0.959. The van der Waals surface area contributed by atoms with Gasteiger partial charge >= 0.3 is 45.9 Å². The molecule has 0 radical (unpaired) electrons. The number of fused-ring (bicyclic) bond motifs is 1. The Balaban J connectivity index is 0.00000208. The molecule has 1 aromatic rings. The molecule has 2 heterocycles. The first kappa shape index (κ1) is 19.0. The summed E-state index contributed by atoms with van der Waals surface area (Å²) in [6.45, 7) is 0.442. The van der Waals surface area contributed by atoms with Crippen LogP contribution in [-0.4, -0.2) is 87.4 Å². The van der Waals surface area contributed by atoms with Gasteiger partial charge in [-0.2, -0.15) is 8.42 Å². The maximum atomic E-state index is 12.2. The van der Waals surface area contributed by atoms with E-state index >= 15 is 0 Å². The second-order valence-corrected chi connectivity index (χ2v) is 6.72. The number of amides is 3. The predicted molar refractivity (Wildman–Crippen MR) is 84.8 cm³/mol. The Morgan fingerprint density at radius 3 is 2.50 bits per heavy atom. The van der Waals surface area contributed by atoms with E-state index in [-0.39, 0.29) is 48.4 Å². The zero-order valence-electron chi connectivity index (χ0n) is 11.9. The van der Waals surface area contributed by atoms with Gasteiger partial charge in [0.1, 0.15) is 11.8 Å². The van der Waals surface area contributed by atoms with Gasteiger partial charge < -0.3 is 15.3 Å². The van der Waals surface area contributed by atoms with E-state index in [2.05, 4.69) is 5.32 Å². The summed E-state index contributed by atoms with van der Waals surface area (Å²) in [6, 6.07) is 4.26. The van der Waals surface area contributed by atoms with Gasteiger partial charge in [-0.15, -0.1) is 0 Å². The maximum absolute atomic E-state index is 12.2. The zero-order chi connectivity index (χ0) is 16.8. The molecule has 0 saturated carbocycles. The summed E-state index contributed by atoms with van der Waals surface area (Å²) in [5.41, 5.74) is 0.770. The molecule has 3 N–H and O–H groups in total. The average Bonchev–Trinajstić information content (AvgIpc) is 2.83. The van der Waals surface area contributed by atoms with Gasteiger partial charge in [-0.25, -0.2) is 9.10 Å². The number of carbonyl (C=O) groups excluding carboxylic acids is 2. The van der Waals surface area contributed by atoms with Gasteiger partial charge in [-0.3, -0.25) is 9.35 Å². The number of phenols is 1. The number of carbonyl (C=O) groups is 2. The molecule has 0 unspecified atom stereocenters. The fourth-order valence-electron chi connectivity index (χ4n) is 2.94. The molecule has 0 bridgehead atoms. The van der Waals surface area contributed by atoms with E-state index in [1.165, 1.54) is 17.0 Å². The molecule has 2 fully saturated rings. The molecule has 1 aromatic carbocycles. The molecule has 3 rings (SSSR count). The van der Waals surface area contributed by atoms with Gasteiger partial charge in [0.2, 0.25) is 0 Å². The van der Waals surface area contributed by atoms with Crippen LogP contribution >= 0.6 is 0 Å². The van der Waals surface area contributed by atoms with Crippen LogP contribution in [0, 0.1) is 0 Å². The van der Waals surface area contributed by atoms with Crippen LogP contribution in [0.3, 0.4) is 0 Å². The molecule has 24 heavy (non-hydrogen) atoms. The minimum absolute atomic E-state index is 0. The van der Waals surface area contributed by atoms with Gasteiger partial charge in [0.15, 0.2) is 0 Å². The van der Waals surface area contributed by atoms with Crippen LogP contribution in [0.1, 0.15) is 12.0 Å². The van der Waals surface area contributed by atoms with Crippen LogP contribution in [0.2, 0.25) is 0 Å². The Morgan fingerprint density at radius 2 is 1.92 bits per heavy atom. The first-order valence-electron chi connectivity index (χ1n) is 6.92. The van der Waals surface area contributed by atoms with Crippen molar-refractivity contribution in [3.05, 3.63) is 29.8 Å². The summed E-state index contributed by atoms with van der Waals surface area (Å²) in [5, 5.41) is 11.8. The van der Waals surface area contributed by atoms with Gasteiger partial charge in [0.25, 0.3) is 5.91 Å². The van der Waals surface area contributed by atoms with Crippen molar-refractivity contribution in [2.75, 3.05) is 6.54 Å². The molecule has 0 spiro atoms. The molecule has 2 aliphatic rings. The van der Waals surface area contributed by atoms with Gasteiger partial charge in [-0.1, -0.05) is 12.1 Å². The van der Waals surface area contributed by atoms with Crippen LogP contribution in [0.25, 0.3) is 0 Å². The fraction of sp³-hybridized carbons (Fsp3) is 0.385. The molecular formula is C13H16N3NaO6S. The molecule has 0 aromatic heterocycles. The molecule has 2 atom stereocenters. The van der Waals surface area contributed by atoms with E-state index in [1.807, 2.05) is 0 Å². The average molecular weight is 365 g/mol. The molecular weight excluding hydrogens is 349 g/mol. The van der Waals surface area contributed by atoms with E-state index in [9.17, 15) is 23.1 Å².